The summed E-state index contributed by atoms with van der Waals surface area (Å²) in [7, 11) is -3.12. The Balaban J connectivity index is 2.20. The van der Waals surface area contributed by atoms with Gasteiger partial charge in [0.25, 0.3) is 0 Å². The molecule has 13 heteroatoms. The number of sulfonamides is 1. The van der Waals surface area contributed by atoms with Crippen LogP contribution in [-0.2, 0) is 27.2 Å². The minimum atomic E-state index is -5.09. The molecule has 0 bridgehead atoms. The molecule has 0 aliphatic heterocycles. The number of nitrogens with zero attached hydrogens (tertiary/aromatic N) is 1. The van der Waals surface area contributed by atoms with E-state index in [1.807, 2.05) is 5.32 Å². The molecule has 2 aromatic rings. The Labute approximate surface area is 179 Å². The Morgan fingerprint density at radius 1 is 0.969 bits per heavy atom. The third-order valence-electron chi connectivity index (χ3n) is 4.08. The summed E-state index contributed by atoms with van der Waals surface area (Å²) in [6.45, 7) is 1.24. The average molecular weight is 484 g/mol. The molecule has 0 radical (unpaired) electrons. The van der Waals surface area contributed by atoms with Crippen molar-refractivity contribution in [3.8, 4) is 5.75 Å². The van der Waals surface area contributed by atoms with E-state index in [9.17, 15) is 39.6 Å². The summed E-state index contributed by atoms with van der Waals surface area (Å²) in [6, 6.07) is 5.83. The van der Waals surface area contributed by atoms with Crippen LogP contribution < -0.4 is 10.1 Å². The van der Waals surface area contributed by atoms with E-state index >= 15 is 0 Å². The van der Waals surface area contributed by atoms with E-state index in [1.54, 1.807) is 6.92 Å². The first kappa shape index (κ1) is 25.5. The number of carbonyl (C=O) groups excluding carboxylic acids is 1. The van der Waals surface area contributed by atoms with Crippen molar-refractivity contribution in [1.29, 1.82) is 0 Å². The van der Waals surface area contributed by atoms with Gasteiger partial charge in [-0.3, -0.25) is 4.79 Å². The van der Waals surface area contributed by atoms with Gasteiger partial charge in [-0.25, -0.2) is 8.42 Å². The van der Waals surface area contributed by atoms with Gasteiger partial charge in [0.2, 0.25) is 15.9 Å². The number of hydrogen-bond acceptors (Lipinski definition) is 4. The Hall–Kier alpha value is -2.80. The van der Waals surface area contributed by atoms with Crippen LogP contribution in [0.1, 0.15) is 18.1 Å². The van der Waals surface area contributed by atoms with Crippen LogP contribution in [0, 0.1) is 0 Å². The number of carbonyl (C=O) groups is 1. The van der Waals surface area contributed by atoms with Gasteiger partial charge in [-0.15, -0.1) is 0 Å². The topological polar surface area (TPSA) is 75.7 Å². The number of rotatable bonds is 7. The predicted molar refractivity (Wildman–Crippen MR) is 103 cm³/mol. The number of hydrogen-bond donors (Lipinski definition) is 1. The molecule has 0 unspecified atom stereocenters. The van der Waals surface area contributed by atoms with E-state index in [2.05, 4.69) is 0 Å². The zero-order chi connectivity index (χ0) is 24.3. The third-order valence-corrected chi connectivity index (χ3v) is 5.90. The summed E-state index contributed by atoms with van der Waals surface area (Å²) in [6.07, 6.45) is -10.2. The number of halogens is 6. The lowest BCUT2D eigenvalue weighted by molar-refractivity contribution is -0.143. The van der Waals surface area contributed by atoms with Crippen LogP contribution in [0.2, 0.25) is 0 Å². The van der Waals surface area contributed by atoms with Crippen molar-refractivity contribution < 1.29 is 44.3 Å². The summed E-state index contributed by atoms with van der Waals surface area (Å²) in [5.74, 6) is -0.716. The zero-order valence-electron chi connectivity index (χ0n) is 16.7. The number of alkyl halides is 6. The highest BCUT2D eigenvalue weighted by atomic mass is 32.2. The van der Waals surface area contributed by atoms with Crippen LogP contribution in [0.15, 0.2) is 47.4 Å². The SMILES string of the molecule is CCOc1ccc(S(=O)(=O)N(C)CC(=O)Nc2cc(C(F)(F)F)cc(C(F)(F)F)c2)cc1. The third kappa shape index (κ3) is 6.36. The van der Waals surface area contributed by atoms with Crippen molar-refractivity contribution in [2.45, 2.75) is 24.2 Å². The minimum absolute atomic E-state index is 0.0852. The number of likely N-dealkylation sites (N-methyl/N-ethyl adjacent to an activating group) is 1. The van der Waals surface area contributed by atoms with Crippen LogP contribution in [0.5, 0.6) is 5.75 Å². The van der Waals surface area contributed by atoms with Crippen molar-refractivity contribution in [2.75, 3.05) is 25.5 Å². The number of anilines is 1. The maximum atomic E-state index is 12.9. The zero-order valence-corrected chi connectivity index (χ0v) is 17.5. The van der Waals surface area contributed by atoms with Gasteiger partial charge in [-0.2, -0.15) is 30.6 Å². The molecule has 6 nitrogen and oxygen atoms in total. The molecule has 32 heavy (non-hydrogen) atoms. The van der Waals surface area contributed by atoms with Crippen molar-refractivity contribution in [3.05, 3.63) is 53.6 Å². The van der Waals surface area contributed by atoms with Crippen LogP contribution in [0.25, 0.3) is 0 Å². The Morgan fingerprint density at radius 2 is 1.47 bits per heavy atom. The van der Waals surface area contributed by atoms with E-state index in [1.165, 1.54) is 24.3 Å². The molecular formula is C19H18F6N2O4S. The van der Waals surface area contributed by atoms with Gasteiger partial charge in [0, 0.05) is 12.7 Å². The maximum absolute atomic E-state index is 12.9. The first-order valence-corrected chi connectivity index (χ1v) is 10.4. The molecule has 0 aromatic heterocycles. The molecule has 0 fully saturated rings. The molecule has 0 atom stereocenters. The maximum Gasteiger partial charge on any atom is 0.416 e. The van der Waals surface area contributed by atoms with E-state index < -0.39 is 51.6 Å². The molecule has 2 aromatic carbocycles. The fraction of sp³-hybridized carbons (Fsp3) is 0.316. The van der Waals surface area contributed by atoms with Crippen LogP contribution >= 0.6 is 0 Å². The fourth-order valence-electron chi connectivity index (χ4n) is 2.57. The average Bonchev–Trinajstić information content (AvgIpc) is 2.67. The highest BCUT2D eigenvalue weighted by molar-refractivity contribution is 7.89. The highest BCUT2D eigenvalue weighted by Crippen LogP contribution is 2.37. The number of ether oxygens (including phenoxy) is 1. The molecule has 1 amide bonds. The summed E-state index contributed by atoms with van der Waals surface area (Å²) in [5.41, 5.74) is -4.00. The van der Waals surface area contributed by atoms with Gasteiger partial charge in [-0.05, 0) is 49.4 Å². The normalized spacial score (nSPS) is 12.7. The molecule has 1 N–H and O–H groups in total. The molecule has 176 valence electrons. The number of amides is 1. The first-order chi connectivity index (χ1) is 14.6. The van der Waals surface area contributed by atoms with Crippen molar-refractivity contribution >= 4 is 21.6 Å². The predicted octanol–water partition coefficient (Wildman–Crippen LogP) is 4.38. The Kier molecular flexibility index (Phi) is 7.45. The van der Waals surface area contributed by atoms with Gasteiger partial charge < -0.3 is 10.1 Å². The monoisotopic (exact) mass is 484 g/mol. The van der Waals surface area contributed by atoms with Gasteiger partial charge in [0.15, 0.2) is 0 Å². The lowest BCUT2D eigenvalue weighted by atomic mass is 10.1. The minimum Gasteiger partial charge on any atom is -0.494 e. The van der Waals surface area contributed by atoms with Crippen molar-refractivity contribution in [1.82, 2.24) is 4.31 Å². The molecule has 0 heterocycles. The van der Waals surface area contributed by atoms with Crippen LogP contribution in [0.4, 0.5) is 32.0 Å². The first-order valence-electron chi connectivity index (χ1n) is 8.93. The van der Waals surface area contributed by atoms with Crippen LogP contribution in [0.3, 0.4) is 0 Å². The van der Waals surface area contributed by atoms with E-state index in [4.69, 9.17) is 4.74 Å². The summed E-state index contributed by atoms with van der Waals surface area (Å²) in [4.78, 5) is 12.0. The fourth-order valence-corrected chi connectivity index (χ4v) is 3.70. The smallest absolute Gasteiger partial charge is 0.416 e. The molecule has 0 aliphatic carbocycles. The van der Waals surface area contributed by atoms with E-state index in [0.29, 0.717) is 28.8 Å². The number of benzene rings is 2. The van der Waals surface area contributed by atoms with Gasteiger partial charge in [-0.1, -0.05) is 0 Å². The molecule has 2 rings (SSSR count). The second-order valence-electron chi connectivity index (χ2n) is 6.51. The summed E-state index contributed by atoms with van der Waals surface area (Å²) in [5, 5.41) is 1.88. The van der Waals surface area contributed by atoms with Gasteiger partial charge in [0.05, 0.1) is 29.2 Å². The highest BCUT2D eigenvalue weighted by Gasteiger charge is 2.37. The second kappa shape index (κ2) is 9.36. The summed E-state index contributed by atoms with van der Waals surface area (Å²) < 4.78 is 109. The molecule has 0 saturated heterocycles. The molecular weight excluding hydrogens is 466 g/mol. The van der Waals surface area contributed by atoms with Crippen molar-refractivity contribution in [3.63, 3.8) is 0 Å². The standard InChI is InChI=1S/C19H18F6N2O4S/c1-3-31-15-4-6-16(7-5-15)32(29,30)27(2)11-17(28)26-14-9-12(18(20,21)22)8-13(10-14)19(23,24)25/h4-10H,3,11H2,1-2H3,(H,26,28). The summed E-state index contributed by atoms with van der Waals surface area (Å²) >= 11 is 0. The Morgan fingerprint density at radius 3 is 1.91 bits per heavy atom. The Bertz CT molecular complexity index is 1030. The van der Waals surface area contributed by atoms with Crippen LogP contribution in [-0.4, -0.2) is 38.8 Å². The molecule has 0 spiro atoms. The van der Waals surface area contributed by atoms with Crippen molar-refractivity contribution in [2.24, 2.45) is 0 Å². The van der Waals surface area contributed by atoms with Gasteiger partial charge >= 0.3 is 12.4 Å². The molecule has 0 saturated carbocycles. The van der Waals surface area contributed by atoms with Gasteiger partial charge in [0.1, 0.15) is 5.75 Å². The quantitative estimate of drug-likeness (QED) is 0.592. The lowest BCUT2D eigenvalue weighted by Gasteiger charge is -2.18. The number of nitrogens with one attached hydrogen (secondary N) is 1. The molecule has 0 aliphatic rings. The lowest BCUT2D eigenvalue weighted by Crippen LogP contribution is -2.35. The largest absolute Gasteiger partial charge is 0.494 e. The second-order valence-corrected chi connectivity index (χ2v) is 8.55. The van der Waals surface area contributed by atoms with E-state index in [-0.39, 0.29) is 11.0 Å². The van der Waals surface area contributed by atoms with E-state index in [0.717, 1.165) is 7.05 Å².